The topological polar surface area (TPSA) is 0 Å². The summed E-state index contributed by atoms with van der Waals surface area (Å²) in [6, 6.07) is 21.6. The third kappa shape index (κ3) is 6.16. The standard InChI is InChI=1S/C14H14Ge.2ClH/c1-3-7-13(8-4-1)11-15-12-14-9-5-2-6-10-14;;/h1-10H,11-12H2;2*1H/q+2;;/p-2. The van der Waals surface area contributed by atoms with Gasteiger partial charge in [-0.2, -0.15) is 0 Å². The number of halogens is 2. The van der Waals surface area contributed by atoms with Crippen LogP contribution in [0.5, 0.6) is 0 Å². The van der Waals surface area contributed by atoms with Crippen LogP contribution in [0.2, 0.25) is 0 Å². The van der Waals surface area contributed by atoms with E-state index < -0.39 is 0 Å². The molecule has 0 heterocycles. The molecule has 0 N–H and O–H groups in total. The molecule has 2 aromatic rings. The predicted molar refractivity (Wildman–Crippen MR) is 66.0 cm³/mol. The van der Waals surface area contributed by atoms with E-state index in [-0.39, 0.29) is 40.2 Å². The summed E-state index contributed by atoms with van der Waals surface area (Å²) in [4.78, 5) is 0. The zero-order chi connectivity index (χ0) is 10.3. The molecule has 0 aliphatic carbocycles. The molecule has 3 heteroatoms. The molecule has 17 heavy (non-hydrogen) atoms. The third-order valence-electron chi connectivity index (χ3n) is 2.34. The molecule has 0 fully saturated rings. The van der Waals surface area contributed by atoms with Gasteiger partial charge in [0.1, 0.15) is 0 Å². The molecule has 2 rings (SSSR count). The van der Waals surface area contributed by atoms with Crippen molar-refractivity contribution in [3.63, 3.8) is 0 Å². The fourth-order valence-corrected chi connectivity index (χ4v) is 4.01. The van der Waals surface area contributed by atoms with Gasteiger partial charge < -0.3 is 24.8 Å². The van der Waals surface area contributed by atoms with Crippen LogP contribution < -0.4 is 24.8 Å². The Morgan fingerprint density at radius 1 is 0.588 bits per heavy atom. The number of hydrogen-bond acceptors (Lipinski definition) is 0. The molecule has 0 amide bonds. The van der Waals surface area contributed by atoms with E-state index >= 15 is 0 Å². The molecule has 0 saturated carbocycles. The Morgan fingerprint density at radius 2 is 0.941 bits per heavy atom. The van der Waals surface area contributed by atoms with Crippen molar-refractivity contribution in [1.29, 1.82) is 0 Å². The fourth-order valence-electron chi connectivity index (χ4n) is 1.54. The van der Waals surface area contributed by atoms with Gasteiger partial charge in [-0.1, -0.05) is 0 Å². The van der Waals surface area contributed by atoms with Crippen LogP contribution in [0.25, 0.3) is 0 Å². The molecule has 0 nitrogen and oxygen atoms in total. The van der Waals surface area contributed by atoms with Gasteiger partial charge in [0.15, 0.2) is 0 Å². The van der Waals surface area contributed by atoms with Crippen molar-refractivity contribution in [3.05, 3.63) is 71.8 Å². The first-order valence-corrected chi connectivity index (χ1v) is 8.20. The normalized spacial score (nSPS) is 8.47. The van der Waals surface area contributed by atoms with Crippen molar-refractivity contribution >= 4 is 15.4 Å². The van der Waals surface area contributed by atoms with Crippen molar-refractivity contribution < 1.29 is 24.8 Å². The molecular formula is C14H14Cl2Ge. The van der Waals surface area contributed by atoms with Crippen molar-refractivity contribution in [2.24, 2.45) is 0 Å². The van der Waals surface area contributed by atoms with Crippen LogP contribution in [0, 0.1) is 0 Å². The quantitative estimate of drug-likeness (QED) is 0.529. The fraction of sp³-hybridized carbons (Fsp3) is 0.143. The van der Waals surface area contributed by atoms with Crippen LogP contribution in [-0.4, -0.2) is 15.4 Å². The second-order valence-electron chi connectivity index (χ2n) is 3.57. The molecule has 2 aromatic carbocycles. The van der Waals surface area contributed by atoms with Crippen molar-refractivity contribution in [2.75, 3.05) is 0 Å². The van der Waals surface area contributed by atoms with Gasteiger partial charge in [-0.05, 0) is 0 Å². The SMILES string of the molecule is [Cl-].[Cl-].c1ccc([CH2][Ge+2][CH2]c2ccccc2)cc1. The van der Waals surface area contributed by atoms with Gasteiger partial charge in [0.25, 0.3) is 0 Å². The van der Waals surface area contributed by atoms with Crippen LogP contribution in [-0.2, 0) is 10.5 Å². The van der Waals surface area contributed by atoms with Gasteiger partial charge in [0, 0.05) is 0 Å². The second kappa shape index (κ2) is 9.58. The first kappa shape index (κ1) is 16.6. The molecular weight excluding hydrogens is 312 g/mol. The van der Waals surface area contributed by atoms with Gasteiger partial charge in [-0.25, -0.2) is 0 Å². The van der Waals surface area contributed by atoms with Crippen LogP contribution in [0.1, 0.15) is 11.1 Å². The van der Waals surface area contributed by atoms with E-state index in [1.165, 1.54) is 21.6 Å². The van der Waals surface area contributed by atoms with Crippen molar-refractivity contribution in [1.82, 2.24) is 0 Å². The van der Waals surface area contributed by atoms with E-state index in [1.807, 2.05) is 0 Å². The molecule has 0 radical (unpaired) electrons. The Morgan fingerprint density at radius 3 is 1.29 bits per heavy atom. The Hall–Kier alpha value is -0.437. The summed E-state index contributed by atoms with van der Waals surface area (Å²) < 4.78 is 0. The van der Waals surface area contributed by atoms with E-state index in [9.17, 15) is 0 Å². The summed E-state index contributed by atoms with van der Waals surface area (Å²) in [6.45, 7) is 0. The van der Waals surface area contributed by atoms with Gasteiger partial charge in [-0.15, -0.1) is 0 Å². The van der Waals surface area contributed by atoms with Crippen LogP contribution in [0.3, 0.4) is 0 Å². The molecule has 88 valence electrons. The van der Waals surface area contributed by atoms with Crippen LogP contribution >= 0.6 is 0 Å². The summed E-state index contributed by atoms with van der Waals surface area (Å²) in [5, 5.41) is 2.60. The first-order chi connectivity index (χ1) is 7.45. The zero-order valence-corrected chi connectivity index (χ0v) is 13.1. The van der Waals surface area contributed by atoms with Crippen molar-refractivity contribution in [3.8, 4) is 0 Å². The van der Waals surface area contributed by atoms with E-state index in [0.29, 0.717) is 0 Å². The zero-order valence-electron chi connectivity index (χ0n) is 9.44. The molecule has 0 saturated heterocycles. The maximum atomic E-state index is 2.23. The molecule has 0 unspecified atom stereocenters. The minimum atomic E-state index is 0. The third-order valence-corrected chi connectivity index (χ3v) is 5.11. The van der Waals surface area contributed by atoms with Gasteiger partial charge in [0.2, 0.25) is 0 Å². The Kier molecular flexibility index (Phi) is 9.33. The Labute approximate surface area is 122 Å². The Balaban J connectivity index is 0.00000128. The second-order valence-corrected chi connectivity index (χ2v) is 6.11. The van der Waals surface area contributed by atoms with Gasteiger partial charge in [0.05, 0.1) is 0 Å². The summed E-state index contributed by atoms with van der Waals surface area (Å²) in [6.07, 6.45) is 0. The monoisotopic (exact) mass is 326 g/mol. The predicted octanol–water partition coefficient (Wildman–Crippen LogP) is -2.90. The van der Waals surface area contributed by atoms with Crippen LogP contribution in [0.4, 0.5) is 0 Å². The van der Waals surface area contributed by atoms with Crippen molar-refractivity contribution in [2.45, 2.75) is 10.5 Å². The van der Waals surface area contributed by atoms with Crippen LogP contribution in [0.15, 0.2) is 60.7 Å². The molecule has 0 atom stereocenters. The number of benzene rings is 2. The van der Waals surface area contributed by atoms with E-state index in [1.54, 1.807) is 0 Å². The molecule has 0 aromatic heterocycles. The van der Waals surface area contributed by atoms with Gasteiger partial charge in [-0.3, -0.25) is 0 Å². The summed E-state index contributed by atoms with van der Waals surface area (Å²) in [5.74, 6) is 0. The summed E-state index contributed by atoms with van der Waals surface area (Å²) in [7, 11) is 0. The van der Waals surface area contributed by atoms with Gasteiger partial charge >= 0.3 is 97.7 Å². The Bertz CT molecular complexity index is 350. The number of hydrogen-bond donors (Lipinski definition) is 0. The van der Waals surface area contributed by atoms with E-state index in [2.05, 4.69) is 60.7 Å². The maximum absolute atomic E-state index is 2.23. The van der Waals surface area contributed by atoms with E-state index in [4.69, 9.17) is 0 Å². The first-order valence-electron chi connectivity index (χ1n) is 5.24. The minimum absolute atomic E-state index is 0. The molecule has 0 aliphatic heterocycles. The average Bonchev–Trinajstić information content (AvgIpc) is 2.32. The molecule has 0 aliphatic rings. The molecule has 0 spiro atoms. The van der Waals surface area contributed by atoms with E-state index in [0.717, 1.165) is 0 Å². The molecule has 0 bridgehead atoms. The summed E-state index contributed by atoms with van der Waals surface area (Å²) in [5.41, 5.74) is 2.99. The summed E-state index contributed by atoms with van der Waals surface area (Å²) >= 11 is 0.136. The average molecular weight is 326 g/mol. The number of rotatable bonds is 4.